The van der Waals surface area contributed by atoms with Crippen molar-refractivity contribution < 1.29 is 9.53 Å². The maximum atomic E-state index is 12.4. The number of ether oxygens (including phenoxy) is 1. The largest absolute Gasteiger partial charge is 0.497 e. The van der Waals surface area contributed by atoms with E-state index in [0.717, 1.165) is 24.3 Å². The van der Waals surface area contributed by atoms with E-state index in [9.17, 15) is 4.79 Å². The van der Waals surface area contributed by atoms with Crippen molar-refractivity contribution in [2.24, 2.45) is 0 Å². The van der Waals surface area contributed by atoms with Gasteiger partial charge in [-0.1, -0.05) is 12.8 Å². The highest BCUT2D eigenvalue weighted by Crippen LogP contribution is 2.21. The van der Waals surface area contributed by atoms with Crippen molar-refractivity contribution in [2.45, 2.75) is 38.6 Å². The number of methoxy groups -OCH3 is 1. The van der Waals surface area contributed by atoms with Gasteiger partial charge in [-0.15, -0.1) is 0 Å². The lowest BCUT2D eigenvalue weighted by Crippen LogP contribution is -2.20. The SMILES string of the molecule is COc1ccc(NC(=O)c2cc(C)nc(NC3CCCC3)n2)cc1. The fourth-order valence-corrected chi connectivity index (χ4v) is 2.87. The van der Waals surface area contributed by atoms with E-state index >= 15 is 0 Å². The van der Waals surface area contributed by atoms with Crippen LogP contribution in [0.3, 0.4) is 0 Å². The van der Waals surface area contributed by atoms with Crippen LogP contribution in [0.25, 0.3) is 0 Å². The van der Waals surface area contributed by atoms with Crippen molar-refractivity contribution in [3.8, 4) is 5.75 Å². The van der Waals surface area contributed by atoms with Gasteiger partial charge in [0.15, 0.2) is 0 Å². The molecule has 1 aliphatic carbocycles. The van der Waals surface area contributed by atoms with Gasteiger partial charge in [-0.05, 0) is 50.1 Å². The molecule has 1 heterocycles. The van der Waals surface area contributed by atoms with E-state index in [0.29, 0.717) is 23.4 Å². The number of carbonyl (C=O) groups excluding carboxylic acids is 1. The van der Waals surface area contributed by atoms with Gasteiger partial charge < -0.3 is 15.4 Å². The van der Waals surface area contributed by atoms with Crippen LogP contribution in [0.15, 0.2) is 30.3 Å². The summed E-state index contributed by atoms with van der Waals surface area (Å²) >= 11 is 0. The Balaban J connectivity index is 1.72. The second-order valence-electron chi connectivity index (χ2n) is 6.03. The molecule has 2 N–H and O–H groups in total. The second kappa shape index (κ2) is 7.29. The number of rotatable bonds is 5. The van der Waals surface area contributed by atoms with E-state index in [2.05, 4.69) is 20.6 Å². The summed E-state index contributed by atoms with van der Waals surface area (Å²) in [6.07, 6.45) is 4.72. The minimum Gasteiger partial charge on any atom is -0.497 e. The number of anilines is 2. The molecular weight excluding hydrogens is 304 g/mol. The molecule has 2 aromatic rings. The number of amides is 1. The van der Waals surface area contributed by atoms with Gasteiger partial charge in [0.05, 0.1) is 7.11 Å². The van der Waals surface area contributed by atoms with Gasteiger partial charge in [0.2, 0.25) is 5.95 Å². The summed E-state index contributed by atoms with van der Waals surface area (Å²) in [4.78, 5) is 21.2. The first-order valence-corrected chi connectivity index (χ1v) is 8.21. The first-order chi connectivity index (χ1) is 11.6. The van der Waals surface area contributed by atoms with Crippen LogP contribution >= 0.6 is 0 Å². The molecule has 1 aromatic heterocycles. The van der Waals surface area contributed by atoms with Gasteiger partial charge in [-0.2, -0.15) is 0 Å². The van der Waals surface area contributed by atoms with Gasteiger partial charge in [0, 0.05) is 17.4 Å². The Morgan fingerprint density at radius 3 is 2.54 bits per heavy atom. The molecule has 1 aromatic carbocycles. The number of carbonyl (C=O) groups is 1. The van der Waals surface area contributed by atoms with Crippen LogP contribution < -0.4 is 15.4 Å². The predicted molar refractivity (Wildman–Crippen MR) is 93.6 cm³/mol. The molecule has 1 amide bonds. The molecule has 1 aliphatic rings. The zero-order valence-electron chi connectivity index (χ0n) is 14.0. The van der Waals surface area contributed by atoms with E-state index in [-0.39, 0.29) is 5.91 Å². The number of hydrogen-bond donors (Lipinski definition) is 2. The first-order valence-electron chi connectivity index (χ1n) is 8.21. The van der Waals surface area contributed by atoms with Crippen LogP contribution in [0, 0.1) is 6.92 Å². The van der Waals surface area contributed by atoms with Crippen LogP contribution in [0.2, 0.25) is 0 Å². The Bertz CT molecular complexity index is 709. The van der Waals surface area contributed by atoms with Crippen molar-refractivity contribution >= 4 is 17.5 Å². The molecule has 0 bridgehead atoms. The standard InChI is InChI=1S/C18H22N4O2/c1-12-11-16(22-18(19-12)21-13-5-3-4-6-13)17(23)20-14-7-9-15(24-2)10-8-14/h7-11,13H,3-6H2,1-2H3,(H,20,23)(H,19,21,22). The van der Waals surface area contributed by atoms with Gasteiger partial charge in [-0.25, -0.2) is 9.97 Å². The lowest BCUT2D eigenvalue weighted by Gasteiger charge is -2.13. The lowest BCUT2D eigenvalue weighted by atomic mass is 10.2. The molecule has 0 aliphatic heterocycles. The molecule has 3 rings (SSSR count). The average Bonchev–Trinajstić information content (AvgIpc) is 3.08. The summed E-state index contributed by atoms with van der Waals surface area (Å²) in [5.74, 6) is 1.02. The predicted octanol–water partition coefficient (Wildman–Crippen LogP) is 3.40. The van der Waals surface area contributed by atoms with Crippen molar-refractivity contribution in [2.75, 3.05) is 17.7 Å². The monoisotopic (exact) mass is 326 g/mol. The van der Waals surface area contributed by atoms with Gasteiger partial charge >= 0.3 is 0 Å². The molecule has 24 heavy (non-hydrogen) atoms. The van der Waals surface area contributed by atoms with E-state index in [1.165, 1.54) is 12.8 Å². The Morgan fingerprint density at radius 1 is 1.17 bits per heavy atom. The molecule has 6 nitrogen and oxygen atoms in total. The number of nitrogens with one attached hydrogen (secondary N) is 2. The third-order valence-corrected chi connectivity index (χ3v) is 4.12. The molecule has 0 unspecified atom stereocenters. The third-order valence-electron chi connectivity index (χ3n) is 4.12. The molecule has 1 fully saturated rings. The summed E-state index contributed by atoms with van der Waals surface area (Å²) in [5, 5.41) is 6.18. The summed E-state index contributed by atoms with van der Waals surface area (Å²) in [7, 11) is 1.61. The molecule has 0 radical (unpaired) electrons. The van der Waals surface area contributed by atoms with Crippen molar-refractivity contribution in [3.05, 3.63) is 41.7 Å². The zero-order chi connectivity index (χ0) is 16.9. The Kier molecular flexibility index (Phi) is 4.93. The molecular formula is C18H22N4O2. The third kappa shape index (κ3) is 4.01. The maximum absolute atomic E-state index is 12.4. The minimum absolute atomic E-state index is 0.250. The van der Waals surface area contributed by atoms with Gasteiger partial charge in [0.25, 0.3) is 5.91 Å². The van der Waals surface area contributed by atoms with Crippen LogP contribution in [-0.2, 0) is 0 Å². The molecule has 1 saturated carbocycles. The Hall–Kier alpha value is -2.63. The molecule has 0 saturated heterocycles. The fraction of sp³-hybridized carbons (Fsp3) is 0.389. The number of aryl methyl sites for hydroxylation is 1. The maximum Gasteiger partial charge on any atom is 0.274 e. The first kappa shape index (κ1) is 16.2. The number of benzene rings is 1. The summed E-state index contributed by atoms with van der Waals surface area (Å²) in [5.41, 5.74) is 1.83. The van der Waals surface area contributed by atoms with E-state index in [1.807, 2.05) is 6.92 Å². The highest BCUT2D eigenvalue weighted by atomic mass is 16.5. The summed E-state index contributed by atoms with van der Waals surface area (Å²) in [6.45, 7) is 1.87. The number of nitrogens with zero attached hydrogens (tertiary/aromatic N) is 2. The van der Waals surface area contributed by atoms with Crippen molar-refractivity contribution in [3.63, 3.8) is 0 Å². The highest BCUT2D eigenvalue weighted by Gasteiger charge is 2.17. The lowest BCUT2D eigenvalue weighted by molar-refractivity contribution is 0.102. The van der Waals surface area contributed by atoms with Crippen LogP contribution in [0.1, 0.15) is 41.9 Å². The molecule has 6 heteroatoms. The normalized spacial score (nSPS) is 14.4. The molecule has 126 valence electrons. The molecule has 0 spiro atoms. The van der Waals surface area contributed by atoms with Crippen LogP contribution in [-0.4, -0.2) is 29.0 Å². The number of hydrogen-bond acceptors (Lipinski definition) is 5. The van der Waals surface area contributed by atoms with E-state index in [1.54, 1.807) is 37.4 Å². The molecule has 0 atom stereocenters. The Labute approximate surface area is 141 Å². The zero-order valence-corrected chi connectivity index (χ0v) is 14.0. The quantitative estimate of drug-likeness (QED) is 0.880. The van der Waals surface area contributed by atoms with Crippen LogP contribution in [0.4, 0.5) is 11.6 Å². The minimum atomic E-state index is -0.250. The Morgan fingerprint density at radius 2 is 1.88 bits per heavy atom. The van der Waals surface area contributed by atoms with Crippen molar-refractivity contribution in [1.82, 2.24) is 9.97 Å². The van der Waals surface area contributed by atoms with Crippen LogP contribution in [0.5, 0.6) is 5.75 Å². The second-order valence-corrected chi connectivity index (χ2v) is 6.03. The number of aromatic nitrogens is 2. The van der Waals surface area contributed by atoms with Gasteiger partial charge in [0.1, 0.15) is 11.4 Å². The van der Waals surface area contributed by atoms with E-state index in [4.69, 9.17) is 4.74 Å². The topological polar surface area (TPSA) is 76.1 Å². The van der Waals surface area contributed by atoms with E-state index < -0.39 is 0 Å². The highest BCUT2D eigenvalue weighted by molar-refractivity contribution is 6.03. The fourth-order valence-electron chi connectivity index (χ4n) is 2.87. The van der Waals surface area contributed by atoms with Gasteiger partial charge in [-0.3, -0.25) is 4.79 Å². The smallest absolute Gasteiger partial charge is 0.274 e. The summed E-state index contributed by atoms with van der Waals surface area (Å²) < 4.78 is 5.11. The van der Waals surface area contributed by atoms with Crippen molar-refractivity contribution in [1.29, 1.82) is 0 Å². The average molecular weight is 326 g/mol. The summed E-state index contributed by atoms with van der Waals surface area (Å²) in [6, 6.07) is 9.29.